The van der Waals surface area contributed by atoms with Gasteiger partial charge in [-0.25, -0.2) is 9.97 Å². The summed E-state index contributed by atoms with van der Waals surface area (Å²) < 4.78 is 0. The van der Waals surface area contributed by atoms with E-state index in [1.807, 2.05) is 18.3 Å². The lowest BCUT2D eigenvalue weighted by atomic mass is 9.82. The van der Waals surface area contributed by atoms with Crippen molar-refractivity contribution in [3.8, 4) is 32.4 Å². The Morgan fingerprint density at radius 3 is 2.26 bits per heavy atom. The molecule has 0 fully saturated rings. The maximum atomic E-state index is 4.95. The Kier molecular flexibility index (Phi) is 4.91. The van der Waals surface area contributed by atoms with Crippen molar-refractivity contribution in [3.05, 3.63) is 96.7 Å². The van der Waals surface area contributed by atoms with Gasteiger partial charge >= 0.3 is 0 Å². The van der Waals surface area contributed by atoms with Crippen molar-refractivity contribution in [1.29, 1.82) is 0 Å². The van der Waals surface area contributed by atoms with Gasteiger partial charge in [-0.1, -0.05) is 75.4 Å². The molecule has 3 heteroatoms. The van der Waals surface area contributed by atoms with Gasteiger partial charge in [0.25, 0.3) is 0 Å². The smallest absolute Gasteiger partial charge is 0.159 e. The van der Waals surface area contributed by atoms with Crippen molar-refractivity contribution in [2.45, 2.75) is 26.2 Å². The molecule has 0 bridgehead atoms. The summed E-state index contributed by atoms with van der Waals surface area (Å²) in [5, 5.41) is 2.52. The lowest BCUT2D eigenvalue weighted by molar-refractivity contribution is 0.596. The average molecular weight is 421 g/mol. The number of hydrogen-bond acceptors (Lipinski definition) is 3. The summed E-state index contributed by atoms with van der Waals surface area (Å²) in [6, 6.07) is 29.8. The minimum absolute atomic E-state index is 0.0333. The lowest BCUT2D eigenvalue weighted by Crippen LogP contribution is -2.12. The Hall–Kier alpha value is -3.30. The monoisotopic (exact) mass is 420 g/mol. The Morgan fingerprint density at radius 1 is 0.710 bits per heavy atom. The van der Waals surface area contributed by atoms with Crippen LogP contribution in [0.15, 0.2) is 91.1 Å². The molecule has 0 saturated carbocycles. The Bertz CT molecular complexity index is 1360. The van der Waals surface area contributed by atoms with E-state index in [4.69, 9.17) is 4.98 Å². The summed E-state index contributed by atoms with van der Waals surface area (Å²) in [6.45, 7) is 6.77. The molecule has 5 rings (SSSR count). The zero-order valence-corrected chi connectivity index (χ0v) is 18.8. The molecule has 0 radical (unpaired) electrons. The highest BCUT2D eigenvalue weighted by atomic mass is 32.1. The summed E-state index contributed by atoms with van der Waals surface area (Å²) in [5.41, 5.74) is 4.60. The molecule has 2 nitrogen and oxygen atoms in total. The van der Waals surface area contributed by atoms with Crippen LogP contribution in [0.5, 0.6) is 0 Å². The van der Waals surface area contributed by atoms with E-state index >= 15 is 0 Å². The zero-order chi connectivity index (χ0) is 21.4. The lowest BCUT2D eigenvalue weighted by Gasteiger charge is -2.22. The largest absolute Gasteiger partial charge is 0.237 e. The molecule has 3 aromatic carbocycles. The average Bonchev–Trinajstić information content (AvgIpc) is 3.29. The van der Waals surface area contributed by atoms with Crippen LogP contribution in [0.25, 0.3) is 43.2 Å². The highest BCUT2D eigenvalue weighted by molar-refractivity contribution is 7.18. The third-order valence-electron chi connectivity index (χ3n) is 5.50. The minimum atomic E-state index is 0.0333. The molecule has 0 spiro atoms. The minimum Gasteiger partial charge on any atom is -0.237 e. The normalized spacial score (nSPS) is 11.7. The fourth-order valence-electron chi connectivity index (χ4n) is 3.93. The summed E-state index contributed by atoms with van der Waals surface area (Å²) in [7, 11) is 0. The zero-order valence-electron chi connectivity index (χ0n) is 18.0. The first-order valence-corrected chi connectivity index (χ1v) is 11.3. The number of thiophene rings is 1. The van der Waals surface area contributed by atoms with Crippen molar-refractivity contribution >= 4 is 22.1 Å². The highest BCUT2D eigenvalue weighted by Crippen LogP contribution is 2.36. The fraction of sp³-hybridized carbons (Fsp3) is 0.143. The van der Waals surface area contributed by atoms with Gasteiger partial charge < -0.3 is 0 Å². The van der Waals surface area contributed by atoms with E-state index in [1.165, 1.54) is 26.8 Å². The van der Waals surface area contributed by atoms with E-state index in [0.29, 0.717) is 0 Å². The van der Waals surface area contributed by atoms with Gasteiger partial charge in [0, 0.05) is 16.6 Å². The van der Waals surface area contributed by atoms with E-state index in [2.05, 4.69) is 98.6 Å². The molecule has 0 unspecified atom stereocenters. The second-order valence-electron chi connectivity index (χ2n) is 8.79. The van der Waals surface area contributed by atoms with Crippen molar-refractivity contribution < 1.29 is 0 Å². The standard InChI is InChI=1S/C28H24N2S/c1-28(2,3)23-18-21(17-20-11-7-8-12-22(20)23)27-29-16-15-24(30-27)26-14-13-25(31-26)19-9-5-4-6-10-19/h4-18H,1-3H3. The number of hydrogen-bond donors (Lipinski definition) is 0. The number of fused-ring (bicyclic) bond motifs is 1. The Morgan fingerprint density at radius 2 is 1.45 bits per heavy atom. The summed E-state index contributed by atoms with van der Waals surface area (Å²) in [5.74, 6) is 0.767. The van der Waals surface area contributed by atoms with Crippen LogP contribution in [-0.2, 0) is 5.41 Å². The quantitative estimate of drug-likeness (QED) is 0.295. The molecule has 0 saturated heterocycles. The molecule has 2 heterocycles. The molecule has 0 atom stereocenters. The Labute approximate surface area is 187 Å². The first-order valence-electron chi connectivity index (χ1n) is 10.5. The van der Waals surface area contributed by atoms with E-state index in [9.17, 15) is 0 Å². The molecule has 0 aliphatic rings. The van der Waals surface area contributed by atoms with Crippen molar-refractivity contribution in [2.24, 2.45) is 0 Å². The van der Waals surface area contributed by atoms with E-state index in [-0.39, 0.29) is 5.41 Å². The molecular formula is C28H24N2S. The molecule has 2 aromatic heterocycles. The second kappa shape index (κ2) is 7.75. The summed E-state index contributed by atoms with van der Waals surface area (Å²) in [4.78, 5) is 12.0. The number of benzene rings is 3. The van der Waals surface area contributed by atoms with E-state index < -0.39 is 0 Å². The van der Waals surface area contributed by atoms with Crippen LogP contribution in [0, 0.1) is 0 Å². The third-order valence-corrected chi connectivity index (χ3v) is 6.66. The number of rotatable bonds is 3. The van der Waals surface area contributed by atoms with Crippen LogP contribution in [0.1, 0.15) is 26.3 Å². The van der Waals surface area contributed by atoms with Crippen LogP contribution in [-0.4, -0.2) is 9.97 Å². The summed E-state index contributed by atoms with van der Waals surface area (Å²) in [6.07, 6.45) is 1.87. The SMILES string of the molecule is CC(C)(C)c1cc(-c2nccc(-c3ccc(-c4ccccc4)s3)n2)cc2ccccc12. The van der Waals surface area contributed by atoms with Gasteiger partial charge in [-0.3, -0.25) is 0 Å². The summed E-state index contributed by atoms with van der Waals surface area (Å²) >= 11 is 1.76. The van der Waals surface area contributed by atoms with Gasteiger partial charge in [0.05, 0.1) is 10.6 Å². The van der Waals surface area contributed by atoms with Gasteiger partial charge in [0.2, 0.25) is 0 Å². The molecule has 0 amide bonds. The van der Waals surface area contributed by atoms with Gasteiger partial charge in [0.1, 0.15) is 0 Å². The van der Waals surface area contributed by atoms with E-state index in [1.54, 1.807) is 11.3 Å². The van der Waals surface area contributed by atoms with Crippen molar-refractivity contribution in [1.82, 2.24) is 9.97 Å². The molecule has 0 N–H and O–H groups in total. The fourth-order valence-corrected chi connectivity index (χ4v) is 4.91. The maximum Gasteiger partial charge on any atom is 0.159 e. The van der Waals surface area contributed by atoms with Crippen LogP contribution < -0.4 is 0 Å². The number of nitrogens with zero attached hydrogens (tertiary/aromatic N) is 2. The van der Waals surface area contributed by atoms with Crippen LogP contribution in [0.4, 0.5) is 0 Å². The molecule has 0 aliphatic carbocycles. The highest BCUT2D eigenvalue weighted by Gasteiger charge is 2.19. The second-order valence-corrected chi connectivity index (χ2v) is 9.87. The van der Waals surface area contributed by atoms with Gasteiger partial charge in [0.15, 0.2) is 5.82 Å². The van der Waals surface area contributed by atoms with Crippen LogP contribution in [0.2, 0.25) is 0 Å². The first-order chi connectivity index (χ1) is 15.0. The predicted octanol–water partition coefficient (Wildman–Crippen LogP) is 7.99. The maximum absolute atomic E-state index is 4.95. The first kappa shape index (κ1) is 19.7. The van der Waals surface area contributed by atoms with Crippen molar-refractivity contribution in [3.63, 3.8) is 0 Å². The topological polar surface area (TPSA) is 25.8 Å². The number of aromatic nitrogens is 2. The predicted molar refractivity (Wildman–Crippen MR) is 132 cm³/mol. The molecule has 31 heavy (non-hydrogen) atoms. The Balaban J connectivity index is 1.59. The van der Waals surface area contributed by atoms with Crippen LogP contribution >= 0.6 is 11.3 Å². The van der Waals surface area contributed by atoms with Crippen LogP contribution in [0.3, 0.4) is 0 Å². The van der Waals surface area contributed by atoms with Gasteiger partial charge in [-0.15, -0.1) is 11.3 Å². The molecule has 5 aromatic rings. The van der Waals surface area contributed by atoms with Gasteiger partial charge in [-0.2, -0.15) is 0 Å². The third kappa shape index (κ3) is 3.89. The van der Waals surface area contributed by atoms with Gasteiger partial charge in [-0.05, 0) is 57.6 Å². The molecule has 0 aliphatic heterocycles. The molecule has 152 valence electrons. The molecular weight excluding hydrogens is 396 g/mol. The van der Waals surface area contributed by atoms with E-state index in [0.717, 1.165) is 22.0 Å². The van der Waals surface area contributed by atoms with Crippen molar-refractivity contribution in [2.75, 3.05) is 0 Å².